The lowest BCUT2D eigenvalue weighted by Crippen LogP contribution is -2.36. The Hall–Kier alpha value is -2.42. The van der Waals surface area contributed by atoms with Gasteiger partial charge >= 0.3 is 0 Å². The van der Waals surface area contributed by atoms with Crippen molar-refractivity contribution in [3.05, 3.63) is 52.3 Å². The number of aromatic nitrogens is 2. The van der Waals surface area contributed by atoms with Gasteiger partial charge in [0, 0.05) is 29.0 Å². The predicted molar refractivity (Wildman–Crippen MR) is 153 cm³/mol. The first-order valence-electron chi connectivity index (χ1n) is 13.3. The Balaban J connectivity index is 1.32. The van der Waals surface area contributed by atoms with E-state index in [1.165, 1.54) is 37.8 Å². The van der Waals surface area contributed by atoms with Gasteiger partial charge in [-0.2, -0.15) is 0 Å². The van der Waals surface area contributed by atoms with Gasteiger partial charge in [-0.15, -0.1) is 0 Å². The summed E-state index contributed by atoms with van der Waals surface area (Å²) in [6.45, 7) is 9.81. The third-order valence-electron chi connectivity index (χ3n) is 6.77. The Morgan fingerprint density at radius 1 is 1.03 bits per heavy atom. The van der Waals surface area contributed by atoms with Crippen LogP contribution in [0.3, 0.4) is 0 Å². The van der Waals surface area contributed by atoms with Crippen molar-refractivity contribution in [2.24, 2.45) is 0 Å². The molecule has 0 amide bonds. The molecule has 4 rings (SSSR count). The number of unbranched alkanes of at least 4 members (excludes halogenated alkanes) is 4. The number of fused-ring (bicyclic) bond motifs is 1. The van der Waals surface area contributed by atoms with Gasteiger partial charge in [0.05, 0.1) is 38.5 Å². The third kappa shape index (κ3) is 8.03. The molecule has 1 unspecified atom stereocenters. The van der Waals surface area contributed by atoms with Crippen LogP contribution in [0.1, 0.15) is 56.5 Å². The van der Waals surface area contributed by atoms with Crippen LogP contribution in [0.15, 0.2) is 40.9 Å². The van der Waals surface area contributed by atoms with Crippen molar-refractivity contribution in [1.29, 1.82) is 0 Å². The van der Waals surface area contributed by atoms with E-state index in [0.717, 1.165) is 59.7 Å². The molecule has 0 aliphatic carbocycles. The second-order valence-corrected chi connectivity index (χ2v) is 10.5. The highest BCUT2D eigenvalue weighted by Gasteiger charge is 2.15. The fourth-order valence-corrected chi connectivity index (χ4v) is 5.09. The van der Waals surface area contributed by atoms with Gasteiger partial charge < -0.3 is 19.5 Å². The van der Waals surface area contributed by atoms with Crippen molar-refractivity contribution in [2.75, 3.05) is 51.9 Å². The van der Waals surface area contributed by atoms with Crippen LogP contribution in [-0.4, -0.2) is 61.4 Å². The van der Waals surface area contributed by atoms with Gasteiger partial charge in [-0.3, -0.25) is 4.90 Å². The first-order chi connectivity index (χ1) is 18.0. The van der Waals surface area contributed by atoms with E-state index >= 15 is 0 Å². The lowest BCUT2D eigenvalue weighted by Gasteiger charge is -2.26. The first kappa shape index (κ1) is 27.6. The van der Waals surface area contributed by atoms with Crippen molar-refractivity contribution >= 4 is 32.7 Å². The Morgan fingerprint density at radius 3 is 2.59 bits per heavy atom. The van der Waals surface area contributed by atoms with E-state index < -0.39 is 0 Å². The maximum atomic E-state index is 6.15. The van der Waals surface area contributed by atoms with E-state index in [1.807, 2.05) is 31.2 Å². The predicted octanol–water partition coefficient (Wildman–Crippen LogP) is 6.54. The van der Waals surface area contributed by atoms with Gasteiger partial charge in [-0.25, -0.2) is 9.97 Å². The first-order valence-corrected chi connectivity index (χ1v) is 14.1. The Bertz CT molecular complexity index is 1150. The summed E-state index contributed by atoms with van der Waals surface area (Å²) in [5.74, 6) is 2.93. The van der Waals surface area contributed by atoms with Crippen LogP contribution in [-0.2, 0) is 4.74 Å². The number of anilines is 1. The molecule has 0 saturated carbocycles. The van der Waals surface area contributed by atoms with Gasteiger partial charge in [0.25, 0.3) is 0 Å². The number of ether oxygens (including phenoxy) is 3. The minimum atomic E-state index is 0.0748. The van der Waals surface area contributed by atoms with E-state index in [1.54, 1.807) is 7.11 Å². The topological polar surface area (TPSA) is 68.7 Å². The van der Waals surface area contributed by atoms with Crippen LogP contribution in [0.2, 0.25) is 0 Å². The van der Waals surface area contributed by atoms with Crippen molar-refractivity contribution in [1.82, 2.24) is 14.9 Å². The quantitative estimate of drug-likeness (QED) is 0.234. The molecule has 1 atom stereocenters. The number of rotatable bonds is 13. The van der Waals surface area contributed by atoms with E-state index in [2.05, 4.69) is 50.2 Å². The molecule has 0 bridgehead atoms. The molecule has 1 saturated heterocycles. The van der Waals surface area contributed by atoms with Gasteiger partial charge in [0.15, 0.2) is 11.5 Å². The second kappa shape index (κ2) is 13.9. The monoisotopic (exact) mass is 570 g/mol. The highest BCUT2D eigenvalue weighted by atomic mass is 79.9. The lowest BCUT2D eigenvalue weighted by molar-refractivity contribution is 0.0371. The smallest absolute Gasteiger partial charge is 0.163 e. The third-order valence-corrected chi connectivity index (χ3v) is 7.27. The van der Waals surface area contributed by atoms with Gasteiger partial charge in [-0.1, -0.05) is 47.3 Å². The molecule has 1 fully saturated rings. The number of nitrogens with zero attached hydrogens (tertiary/aromatic N) is 3. The molecule has 0 spiro atoms. The Morgan fingerprint density at radius 2 is 1.81 bits per heavy atom. The number of aryl methyl sites for hydroxylation is 1. The summed E-state index contributed by atoms with van der Waals surface area (Å²) in [5, 5.41) is 4.47. The fourth-order valence-electron chi connectivity index (χ4n) is 4.67. The average Bonchev–Trinajstić information content (AvgIpc) is 2.90. The molecule has 37 heavy (non-hydrogen) atoms. The van der Waals surface area contributed by atoms with E-state index in [0.29, 0.717) is 18.2 Å². The van der Waals surface area contributed by atoms with Crippen LogP contribution in [0, 0.1) is 6.92 Å². The zero-order chi connectivity index (χ0) is 26.0. The number of hydrogen-bond donors (Lipinski definition) is 1. The number of methoxy groups -OCH3 is 1. The number of halogens is 1. The van der Waals surface area contributed by atoms with Crippen LogP contribution < -0.4 is 14.8 Å². The van der Waals surface area contributed by atoms with Crippen molar-refractivity contribution < 1.29 is 14.2 Å². The summed E-state index contributed by atoms with van der Waals surface area (Å²) < 4.78 is 18.3. The molecule has 2 aromatic carbocycles. The van der Waals surface area contributed by atoms with Gasteiger partial charge in [-0.05, 0) is 57.0 Å². The van der Waals surface area contributed by atoms with Crippen LogP contribution >= 0.6 is 15.9 Å². The maximum Gasteiger partial charge on any atom is 0.163 e. The zero-order valence-electron chi connectivity index (χ0n) is 22.3. The Kier molecular flexibility index (Phi) is 10.4. The maximum absolute atomic E-state index is 6.15. The van der Waals surface area contributed by atoms with E-state index in [4.69, 9.17) is 19.2 Å². The van der Waals surface area contributed by atoms with Crippen LogP contribution in [0.5, 0.6) is 11.5 Å². The van der Waals surface area contributed by atoms with Gasteiger partial charge in [0.2, 0.25) is 0 Å². The van der Waals surface area contributed by atoms with Crippen LogP contribution in [0.4, 0.5) is 5.82 Å². The lowest BCUT2D eigenvalue weighted by atomic mass is 10.1. The summed E-state index contributed by atoms with van der Waals surface area (Å²) in [6, 6.07) is 12.3. The summed E-state index contributed by atoms with van der Waals surface area (Å²) in [5.41, 5.74) is 2.02. The van der Waals surface area contributed by atoms with Crippen molar-refractivity contribution in [3.8, 4) is 11.5 Å². The minimum Gasteiger partial charge on any atom is -0.493 e. The molecule has 2 heterocycles. The molecule has 1 aromatic heterocycles. The summed E-state index contributed by atoms with van der Waals surface area (Å²) >= 11 is 3.56. The molecule has 200 valence electrons. The molecule has 3 aromatic rings. The summed E-state index contributed by atoms with van der Waals surface area (Å²) in [4.78, 5) is 11.9. The normalized spacial score (nSPS) is 15.0. The van der Waals surface area contributed by atoms with Crippen molar-refractivity contribution in [3.63, 3.8) is 0 Å². The highest BCUT2D eigenvalue weighted by Crippen LogP contribution is 2.35. The largest absolute Gasteiger partial charge is 0.493 e. The van der Waals surface area contributed by atoms with E-state index in [9.17, 15) is 0 Å². The fraction of sp³-hybridized carbons (Fsp3) is 0.517. The zero-order valence-corrected chi connectivity index (χ0v) is 23.8. The van der Waals surface area contributed by atoms with Gasteiger partial charge in [0.1, 0.15) is 11.6 Å². The molecule has 1 aliphatic heterocycles. The molecule has 1 aliphatic rings. The average molecular weight is 572 g/mol. The number of nitrogens with one attached hydrogen (secondary N) is 1. The SMILES string of the molecule is COc1cc2c(NC(C)c3cccc(Br)c3)nc(C)nc2cc1OCCCCCCCN1CCOCC1. The molecule has 8 heteroatoms. The van der Waals surface area contributed by atoms with E-state index in [-0.39, 0.29) is 6.04 Å². The van der Waals surface area contributed by atoms with Crippen molar-refractivity contribution in [2.45, 2.75) is 52.0 Å². The molecule has 0 radical (unpaired) electrons. The molecule has 7 nitrogen and oxygen atoms in total. The molecular formula is C29H39BrN4O3. The highest BCUT2D eigenvalue weighted by molar-refractivity contribution is 9.10. The number of morpholine rings is 1. The molecular weight excluding hydrogens is 532 g/mol. The standard InChI is InChI=1S/C29H39BrN4O3/c1-21(23-10-9-11-24(30)18-23)31-29-25-19-27(35-3)28(20-26(25)32-22(2)33-29)37-15-8-6-4-5-7-12-34-13-16-36-17-14-34/h9-11,18-21H,4-8,12-17H2,1-3H3,(H,31,32,33). The molecule has 1 N–H and O–H groups in total. The number of benzene rings is 2. The second-order valence-electron chi connectivity index (χ2n) is 9.63. The summed E-state index contributed by atoms with van der Waals surface area (Å²) in [6.07, 6.45) is 5.95. The number of hydrogen-bond acceptors (Lipinski definition) is 7. The van der Waals surface area contributed by atoms with Crippen LogP contribution in [0.25, 0.3) is 10.9 Å². The summed E-state index contributed by atoms with van der Waals surface area (Å²) in [7, 11) is 1.68. The Labute approximate surface area is 229 Å². The minimum absolute atomic E-state index is 0.0748.